The van der Waals surface area contributed by atoms with Crippen molar-refractivity contribution in [2.45, 2.75) is 18.4 Å². The van der Waals surface area contributed by atoms with Crippen LogP contribution in [0.4, 0.5) is 0 Å². The number of carbonyl (C=O) groups is 1. The molecule has 2 aromatic heterocycles. The molecule has 0 atom stereocenters. The number of benzene rings is 1. The first kappa shape index (κ1) is 13.6. The Labute approximate surface area is 140 Å². The van der Waals surface area contributed by atoms with E-state index in [1.165, 1.54) is 5.56 Å². The third-order valence-electron chi connectivity index (χ3n) is 5.44. The lowest BCUT2D eigenvalue weighted by Crippen LogP contribution is -2.36. The van der Waals surface area contributed by atoms with Crippen molar-refractivity contribution in [3.05, 3.63) is 60.2 Å². The average molecular weight is 318 g/mol. The summed E-state index contributed by atoms with van der Waals surface area (Å²) >= 11 is 0. The molecule has 0 saturated heterocycles. The van der Waals surface area contributed by atoms with Gasteiger partial charge < -0.3 is 9.47 Å². The zero-order valence-corrected chi connectivity index (χ0v) is 13.7. The van der Waals surface area contributed by atoms with Crippen molar-refractivity contribution >= 4 is 5.91 Å². The summed E-state index contributed by atoms with van der Waals surface area (Å²) in [4.78, 5) is 14.8. The zero-order valence-electron chi connectivity index (χ0n) is 13.7. The molecule has 3 heterocycles. The molecule has 1 amide bonds. The lowest BCUT2D eigenvalue weighted by atomic mass is 9.97. The Hall–Kier alpha value is -2.82. The molecule has 5 nitrogen and oxygen atoms in total. The van der Waals surface area contributed by atoms with Crippen LogP contribution in [0.1, 0.15) is 28.9 Å². The smallest absolute Gasteiger partial charge is 0.271 e. The van der Waals surface area contributed by atoms with Crippen LogP contribution in [0, 0.1) is 0 Å². The summed E-state index contributed by atoms with van der Waals surface area (Å²) in [7, 11) is 3.85. The summed E-state index contributed by atoms with van der Waals surface area (Å²) < 4.78 is 3.84. The normalized spacial score (nSPS) is 17.6. The second-order valence-corrected chi connectivity index (χ2v) is 6.79. The van der Waals surface area contributed by atoms with Gasteiger partial charge in [0.05, 0.1) is 17.4 Å². The van der Waals surface area contributed by atoms with Gasteiger partial charge in [-0.2, -0.15) is 5.10 Å². The van der Waals surface area contributed by atoms with Gasteiger partial charge in [-0.05, 0) is 36.6 Å². The van der Waals surface area contributed by atoms with Gasteiger partial charge in [-0.1, -0.05) is 12.1 Å². The second kappa shape index (κ2) is 4.38. The van der Waals surface area contributed by atoms with Crippen molar-refractivity contribution < 1.29 is 4.79 Å². The topological polar surface area (TPSA) is 43.1 Å². The van der Waals surface area contributed by atoms with Crippen LogP contribution in [-0.2, 0) is 12.6 Å². The SMILES string of the molecule is CN1C(=O)c2cccn2-c2cc(-c3cnn(C)c3)ccc2C12CC2. The number of nitrogens with zero attached hydrogens (tertiary/aromatic N) is 4. The van der Waals surface area contributed by atoms with Gasteiger partial charge in [-0.25, -0.2) is 0 Å². The second-order valence-electron chi connectivity index (χ2n) is 6.79. The van der Waals surface area contributed by atoms with Crippen LogP contribution in [0.2, 0.25) is 0 Å². The Morgan fingerprint density at radius 3 is 2.67 bits per heavy atom. The van der Waals surface area contributed by atoms with Crippen molar-refractivity contribution in [3.63, 3.8) is 0 Å². The van der Waals surface area contributed by atoms with Crippen LogP contribution < -0.4 is 0 Å². The number of aromatic nitrogens is 3. The molecule has 1 aliphatic carbocycles. The van der Waals surface area contributed by atoms with Gasteiger partial charge in [-0.3, -0.25) is 9.48 Å². The minimum absolute atomic E-state index is 0.0941. The average Bonchev–Trinajstić information content (AvgIpc) is 3.05. The van der Waals surface area contributed by atoms with Crippen LogP contribution in [0.3, 0.4) is 0 Å². The molecule has 1 aliphatic heterocycles. The number of carbonyl (C=O) groups excluding carboxylic acids is 1. The first-order chi connectivity index (χ1) is 11.6. The van der Waals surface area contributed by atoms with Crippen molar-refractivity contribution in [2.24, 2.45) is 7.05 Å². The molecule has 1 saturated carbocycles. The summed E-state index contributed by atoms with van der Waals surface area (Å²) in [6.07, 6.45) is 7.92. The number of hydrogen-bond donors (Lipinski definition) is 0. The predicted molar refractivity (Wildman–Crippen MR) is 91.0 cm³/mol. The molecule has 1 fully saturated rings. The third kappa shape index (κ3) is 1.64. The summed E-state index contributed by atoms with van der Waals surface area (Å²) in [6, 6.07) is 10.3. The van der Waals surface area contributed by atoms with Gasteiger partial charge in [0.25, 0.3) is 5.91 Å². The van der Waals surface area contributed by atoms with E-state index in [0.29, 0.717) is 0 Å². The van der Waals surface area contributed by atoms with Gasteiger partial charge in [0, 0.05) is 37.6 Å². The molecule has 5 heteroatoms. The molecular formula is C19H18N4O. The Morgan fingerprint density at radius 2 is 1.96 bits per heavy atom. The fourth-order valence-corrected chi connectivity index (χ4v) is 3.91. The largest absolute Gasteiger partial charge is 0.331 e. The van der Waals surface area contributed by atoms with E-state index >= 15 is 0 Å². The molecule has 0 bridgehead atoms. The van der Waals surface area contributed by atoms with E-state index in [2.05, 4.69) is 23.3 Å². The van der Waals surface area contributed by atoms with E-state index in [4.69, 9.17) is 0 Å². The number of rotatable bonds is 1. The van der Waals surface area contributed by atoms with Crippen molar-refractivity contribution in [2.75, 3.05) is 7.05 Å². The maximum atomic E-state index is 12.9. The molecule has 3 aromatic rings. The van der Waals surface area contributed by atoms with Crippen molar-refractivity contribution in [1.29, 1.82) is 0 Å². The summed E-state index contributed by atoms with van der Waals surface area (Å²) in [6.45, 7) is 0. The molecule has 0 radical (unpaired) electrons. The van der Waals surface area contributed by atoms with Crippen LogP contribution >= 0.6 is 0 Å². The van der Waals surface area contributed by atoms with E-state index in [1.807, 2.05) is 59.0 Å². The van der Waals surface area contributed by atoms with Crippen LogP contribution in [-0.4, -0.2) is 32.2 Å². The van der Waals surface area contributed by atoms with E-state index < -0.39 is 0 Å². The van der Waals surface area contributed by atoms with E-state index in [-0.39, 0.29) is 11.4 Å². The maximum Gasteiger partial charge on any atom is 0.271 e. The highest BCUT2D eigenvalue weighted by molar-refractivity contribution is 5.95. The number of aryl methyl sites for hydroxylation is 1. The number of hydrogen-bond acceptors (Lipinski definition) is 2. The van der Waals surface area contributed by atoms with Gasteiger partial charge in [0.2, 0.25) is 0 Å². The molecule has 5 rings (SSSR count). The molecule has 1 spiro atoms. The fraction of sp³-hybridized carbons (Fsp3) is 0.263. The molecule has 0 unspecified atom stereocenters. The molecular weight excluding hydrogens is 300 g/mol. The van der Waals surface area contributed by atoms with Crippen LogP contribution in [0.15, 0.2) is 48.9 Å². The molecule has 0 N–H and O–H groups in total. The Kier molecular flexibility index (Phi) is 2.48. The predicted octanol–water partition coefficient (Wildman–Crippen LogP) is 2.95. The summed E-state index contributed by atoms with van der Waals surface area (Å²) in [5.74, 6) is 0.0941. The fourth-order valence-electron chi connectivity index (χ4n) is 3.91. The molecule has 1 aromatic carbocycles. The summed E-state index contributed by atoms with van der Waals surface area (Å²) in [5.41, 5.74) is 5.13. The number of fused-ring (bicyclic) bond motifs is 4. The molecule has 24 heavy (non-hydrogen) atoms. The van der Waals surface area contributed by atoms with E-state index in [9.17, 15) is 4.79 Å². The minimum Gasteiger partial charge on any atom is -0.331 e. The van der Waals surface area contributed by atoms with Crippen LogP contribution in [0.25, 0.3) is 16.8 Å². The first-order valence-corrected chi connectivity index (χ1v) is 8.20. The standard InChI is InChI=1S/C19H18N4O/c1-21-12-14(11-20-21)13-5-6-15-17(10-13)23-9-3-4-16(23)18(24)22(2)19(15)7-8-19/h3-6,9-12H,7-8H2,1-2H3. The minimum atomic E-state index is -0.140. The lowest BCUT2D eigenvalue weighted by molar-refractivity contribution is 0.0705. The molecule has 2 aliphatic rings. The Morgan fingerprint density at radius 1 is 1.12 bits per heavy atom. The van der Waals surface area contributed by atoms with Gasteiger partial charge in [-0.15, -0.1) is 0 Å². The lowest BCUT2D eigenvalue weighted by Gasteiger charge is -2.27. The van der Waals surface area contributed by atoms with Crippen molar-refractivity contribution in [1.82, 2.24) is 19.2 Å². The highest BCUT2D eigenvalue weighted by atomic mass is 16.2. The Balaban J connectivity index is 1.78. The molecule has 120 valence electrons. The Bertz CT molecular complexity index is 977. The highest BCUT2D eigenvalue weighted by Gasteiger charge is 2.53. The van der Waals surface area contributed by atoms with Crippen LogP contribution in [0.5, 0.6) is 0 Å². The quantitative estimate of drug-likeness (QED) is 0.692. The highest BCUT2D eigenvalue weighted by Crippen LogP contribution is 2.54. The van der Waals surface area contributed by atoms with Gasteiger partial charge >= 0.3 is 0 Å². The summed E-state index contributed by atoms with van der Waals surface area (Å²) in [5, 5.41) is 4.27. The van der Waals surface area contributed by atoms with Gasteiger partial charge in [0.15, 0.2) is 0 Å². The third-order valence-corrected chi connectivity index (χ3v) is 5.44. The zero-order chi connectivity index (χ0) is 16.5. The first-order valence-electron chi connectivity index (χ1n) is 8.20. The van der Waals surface area contributed by atoms with Gasteiger partial charge in [0.1, 0.15) is 5.69 Å². The van der Waals surface area contributed by atoms with Crippen molar-refractivity contribution in [3.8, 4) is 16.8 Å². The monoisotopic (exact) mass is 318 g/mol. The maximum absolute atomic E-state index is 12.9. The van der Waals surface area contributed by atoms with E-state index in [1.54, 1.807) is 0 Å². The number of amides is 1. The van der Waals surface area contributed by atoms with E-state index in [0.717, 1.165) is 35.3 Å².